The highest BCUT2D eigenvalue weighted by Crippen LogP contribution is 2.30. The summed E-state index contributed by atoms with van der Waals surface area (Å²) in [4.78, 5) is 5.20. The minimum atomic E-state index is 0.565. The highest BCUT2D eigenvalue weighted by molar-refractivity contribution is 5.75. The van der Waals surface area contributed by atoms with Crippen LogP contribution in [0.3, 0.4) is 0 Å². The molecule has 0 bridgehead atoms. The van der Waals surface area contributed by atoms with E-state index in [2.05, 4.69) is 44.3 Å². The quantitative estimate of drug-likeness (QED) is 0.915. The van der Waals surface area contributed by atoms with Gasteiger partial charge < -0.3 is 15.5 Å². The number of anilines is 2. The third-order valence-corrected chi connectivity index (χ3v) is 5.31. The Hall–Kier alpha value is -2.01. The lowest BCUT2D eigenvalue weighted by Gasteiger charge is -2.38. The van der Waals surface area contributed by atoms with Crippen LogP contribution >= 0.6 is 0 Å². The maximum atomic E-state index is 5.93. The van der Waals surface area contributed by atoms with Crippen molar-refractivity contribution in [3.05, 3.63) is 30.5 Å². The molecule has 0 amide bonds. The van der Waals surface area contributed by atoms with E-state index in [-0.39, 0.29) is 0 Å². The van der Waals surface area contributed by atoms with E-state index in [1.165, 1.54) is 44.5 Å². The van der Waals surface area contributed by atoms with E-state index in [4.69, 9.17) is 5.73 Å². The predicted molar refractivity (Wildman–Crippen MR) is 94.5 cm³/mol. The smallest absolute Gasteiger partial charge is 0.153 e. The largest absolute Gasteiger partial charge is 0.382 e. The molecule has 5 heteroatoms. The average Bonchev–Trinajstić information content (AvgIpc) is 3.27. The molecule has 3 heterocycles. The van der Waals surface area contributed by atoms with Gasteiger partial charge in [-0.2, -0.15) is 5.10 Å². The number of rotatable bonds is 3. The molecule has 0 unspecified atom stereocenters. The van der Waals surface area contributed by atoms with Gasteiger partial charge >= 0.3 is 0 Å². The second kappa shape index (κ2) is 6.24. The number of piperidine rings is 1. The molecule has 2 aliphatic rings. The van der Waals surface area contributed by atoms with Crippen molar-refractivity contribution >= 4 is 11.5 Å². The number of aromatic amines is 1. The van der Waals surface area contributed by atoms with Gasteiger partial charge in [0, 0.05) is 36.6 Å². The molecule has 122 valence electrons. The third-order valence-electron chi connectivity index (χ3n) is 5.31. The van der Waals surface area contributed by atoms with Gasteiger partial charge in [0.2, 0.25) is 0 Å². The summed E-state index contributed by atoms with van der Waals surface area (Å²) in [6.07, 6.45) is 7.19. The molecule has 2 aliphatic heterocycles. The van der Waals surface area contributed by atoms with Gasteiger partial charge in [-0.1, -0.05) is 12.1 Å². The van der Waals surface area contributed by atoms with E-state index in [9.17, 15) is 0 Å². The van der Waals surface area contributed by atoms with E-state index in [1.807, 2.05) is 6.20 Å². The van der Waals surface area contributed by atoms with Gasteiger partial charge in [-0.3, -0.25) is 5.10 Å². The first-order chi connectivity index (χ1) is 11.3. The number of benzene rings is 1. The summed E-state index contributed by atoms with van der Waals surface area (Å²) in [5.74, 6) is 0.565. The summed E-state index contributed by atoms with van der Waals surface area (Å²) >= 11 is 0. The van der Waals surface area contributed by atoms with E-state index in [0.29, 0.717) is 5.82 Å². The Morgan fingerprint density at radius 1 is 1.09 bits per heavy atom. The maximum absolute atomic E-state index is 5.93. The third kappa shape index (κ3) is 2.93. The lowest BCUT2D eigenvalue weighted by molar-refractivity contribution is 0.208. The van der Waals surface area contributed by atoms with Crippen molar-refractivity contribution in [3.63, 3.8) is 0 Å². The van der Waals surface area contributed by atoms with Crippen LogP contribution < -0.4 is 10.6 Å². The number of aromatic nitrogens is 2. The average molecular weight is 311 g/mol. The predicted octanol–water partition coefficient (Wildman–Crippen LogP) is 2.72. The van der Waals surface area contributed by atoms with Crippen LogP contribution in [0.2, 0.25) is 0 Å². The summed E-state index contributed by atoms with van der Waals surface area (Å²) < 4.78 is 0. The molecule has 0 atom stereocenters. The first-order valence-corrected chi connectivity index (χ1v) is 8.70. The Bertz CT molecular complexity index is 651. The minimum absolute atomic E-state index is 0.565. The molecule has 2 aromatic rings. The van der Waals surface area contributed by atoms with Crippen LogP contribution in [-0.2, 0) is 0 Å². The molecule has 23 heavy (non-hydrogen) atoms. The van der Waals surface area contributed by atoms with Crippen LogP contribution in [0.1, 0.15) is 25.7 Å². The molecule has 2 saturated heterocycles. The first kappa shape index (κ1) is 14.6. The zero-order valence-electron chi connectivity index (χ0n) is 13.5. The second-order valence-electron chi connectivity index (χ2n) is 6.70. The van der Waals surface area contributed by atoms with Crippen LogP contribution in [-0.4, -0.2) is 47.3 Å². The van der Waals surface area contributed by atoms with Gasteiger partial charge in [0.25, 0.3) is 0 Å². The number of hydrogen-bond donors (Lipinski definition) is 2. The Morgan fingerprint density at radius 3 is 2.57 bits per heavy atom. The van der Waals surface area contributed by atoms with Gasteiger partial charge in [0.15, 0.2) is 5.82 Å². The van der Waals surface area contributed by atoms with Gasteiger partial charge in [-0.15, -0.1) is 0 Å². The second-order valence-corrected chi connectivity index (χ2v) is 6.70. The lowest BCUT2D eigenvalue weighted by atomic mass is 10.0. The van der Waals surface area contributed by atoms with Gasteiger partial charge in [-0.05, 0) is 56.5 Å². The van der Waals surface area contributed by atoms with Crippen molar-refractivity contribution in [3.8, 4) is 11.1 Å². The molecule has 1 aromatic heterocycles. The fourth-order valence-electron chi connectivity index (χ4n) is 4.00. The number of nitrogens with zero attached hydrogens (tertiary/aromatic N) is 3. The van der Waals surface area contributed by atoms with Crippen molar-refractivity contribution in [1.82, 2.24) is 15.1 Å². The van der Waals surface area contributed by atoms with Gasteiger partial charge in [0.05, 0.1) is 0 Å². The standard InChI is InChI=1S/C18H25N5/c19-18-17(13-20-21-18)14-4-3-5-16(12-14)23-10-6-15(7-11-23)22-8-1-2-9-22/h3-5,12-13,15H,1-2,6-11H2,(H3,19,20,21). The van der Waals surface area contributed by atoms with Crippen LogP contribution in [0.4, 0.5) is 11.5 Å². The Labute approximate surface area is 137 Å². The number of likely N-dealkylation sites (tertiary alicyclic amines) is 1. The van der Waals surface area contributed by atoms with Crippen LogP contribution in [0, 0.1) is 0 Å². The number of nitrogen functional groups attached to an aromatic ring is 1. The van der Waals surface area contributed by atoms with E-state index in [1.54, 1.807) is 0 Å². The van der Waals surface area contributed by atoms with Crippen LogP contribution in [0.15, 0.2) is 30.5 Å². The number of nitrogens with one attached hydrogen (secondary N) is 1. The molecular weight excluding hydrogens is 286 g/mol. The molecule has 5 nitrogen and oxygen atoms in total. The van der Waals surface area contributed by atoms with Crippen molar-refractivity contribution in [2.45, 2.75) is 31.7 Å². The van der Waals surface area contributed by atoms with Crippen molar-refractivity contribution < 1.29 is 0 Å². The Kier molecular flexibility index (Phi) is 3.95. The molecule has 0 radical (unpaired) electrons. The Balaban J connectivity index is 1.46. The SMILES string of the molecule is Nc1n[nH]cc1-c1cccc(N2CCC(N3CCCC3)CC2)c1. The molecule has 4 rings (SSSR count). The monoisotopic (exact) mass is 311 g/mol. The molecule has 2 fully saturated rings. The molecule has 0 spiro atoms. The molecule has 3 N–H and O–H groups in total. The summed E-state index contributed by atoms with van der Waals surface area (Å²) in [6.45, 7) is 4.90. The minimum Gasteiger partial charge on any atom is -0.382 e. The first-order valence-electron chi connectivity index (χ1n) is 8.70. The molecular formula is C18H25N5. The Morgan fingerprint density at radius 2 is 1.87 bits per heavy atom. The van der Waals surface area contributed by atoms with Gasteiger partial charge in [-0.25, -0.2) is 0 Å². The summed E-state index contributed by atoms with van der Waals surface area (Å²) in [7, 11) is 0. The number of nitrogens with two attached hydrogens (primary N) is 1. The zero-order valence-corrected chi connectivity index (χ0v) is 13.5. The summed E-state index contributed by atoms with van der Waals surface area (Å²) in [5, 5.41) is 6.86. The van der Waals surface area contributed by atoms with E-state index >= 15 is 0 Å². The van der Waals surface area contributed by atoms with Crippen molar-refractivity contribution in [2.75, 3.05) is 36.8 Å². The summed E-state index contributed by atoms with van der Waals surface area (Å²) in [5.41, 5.74) is 9.34. The maximum Gasteiger partial charge on any atom is 0.153 e. The lowest BCUT2D eigenvalue weighted by Crippen LogP contribution is -2.43. The van der Waals surface area contributed by atoms with Crippen LogP contribution in [0.25, 0.3) is 11.1 Å². The van der Waals surface area contributed by atoms with Gasteiger partial charge in [0.1, 0.15) is 0 Å². The van der Waals surface area contributed by atoms with E-state index in [0.717, 1.165) is 30.3 Å². The zero-order chi connectivity index (χ0) is 15.6. The molecule has 0 aliphatic carbocycles. The topological polar surface area (TPSA) is 61.2 Å². The highest BCUT2D eigenvalue weighted by atomic mass is 15.2. The fourth-order valence-corrected chi connectivity index (χ4v) is 4.00. The summed E-state index contributed by atoms with van der Waals surface area (Å²) in [6, 6.07) is 9.44. The molecule has 0 saturated carbocycles. The number of H-pyrrole nitrogens is 1. The highest BCUT2D eigenvalue weighted by Gasteiger charge is 2.26. The van der Waals surface area contributed by atoms with E-state index < -0.39 is 0 Å². The van der Waals surface area contributed by atoms with Crippen LogP contribution in [0.5, 0.6) is 0 Å². The van der Waals surface area contributed by atoms with Crippen molar-refractivity contribution in [1.29, 1.82) is 0 Å². The fraction of sp³-hybridized carbons (Fsp3) is 0.500. The number of hydrogen-bond acceptors (Lipinski definition) is 4. The normalized spacial score (nSPS) is 20.3. The van der Waals surface area contributed by atoms with Crippen molar-refractivity contribution in [2.24, 2.45) is 0 Å². The molecule has 1 aromatic carbocycles.